The van der Waals surface area contributed by atoms with Crippen LogP contribution in [0.4, 0.5) is 0 Å². The highest BCUT2D eigenvalue weighted by Crippen LogP contribution is 2.30. The molecule has 3 rings (SSSR count). The summed E-state index contributed by atoms with van der Waals surface area (Å²) in [5.74, 6) is 1.70. The highest BCUT2D eigenvalue weighted by molar-refractivity contribution is 6.30. The zero-order valence-corrected chi connectivity index (χ0v) is 9.96. The van der Waals surface area contributed by atoms with Crippen LogP contribution in [0.1, 0.15) is 30.3 Å². The third-order valence-electron chi connectivity index (χ3n) is 3.44. The summed E-state index contributed by atoms with van der Waals surface area (Å²) >= 11 is 6.18. The smallest absolute Gasteiger partial charge is 0.151 e. The highest BCUT2D eigenvalue weighted by atomic mass is 35.5. The van der Waals surface area contributed by atoms with Gasteiger partial charge in [0, 0.05) is 38.8 Å². The number of ether oxygens (including phenoxy) is 1. The Balaban J connectivity index is 1.93. The van der Waals surface area contributed by atoms with Gasteiger partial charge in [-0.15, -0.1) is 0 Å². The number of nitrogens with zero attached hydrogens (tertiary/aromatic N) is 2. The van der Waals surface area contributed by atoms with E-state index < -0.39 is 0 Å². The van der Waals surface area contributed by atoms with E-state index in [1.54, 1.807) is 0 Å². The predicted molar refractivity (Wildman–Crippen MR) is 61.7 cm³/mol. The van der Waals surface area contributed by atoms with E-state index in [4.69, 9.17) is 16.3 Å². The van der Waals surface area contributed by atoms with Gasteiger partial charge in [-0.05, 0) is 12.8 Å². The summed E-state index contributed by atoms with van der Waals surface area (Å²) in [6.45, 7) is 4.54. The third-order valence-corrected chi connectivity index (χ3v) is 3.75. The minimum atomic E-state index is 0.526. The fourth-order valence-electron chi connectivity index (χ4n) is 2.56. The van der Waals surface area contributed by atoms with Gasteiger partial charge in [0.1, 0.15) is 5.82 Å². The van der Waals surface area contributed by atoms with Crippen molar-refractivity contribution >= 4 is 11.6 Å². The van der Waals surface area contributed by atoms with Crippen molar-refractivity contribution in [3.8, 4) is 0 Å². The van der Waals surface area contributed by atoms with E-state index in [-0.39, 0.29) is 0 Å². The van der Waals surface area contributed by atoms with Gasteiger partial charge in [0.05, 0.1) is 5.69 Å². The van der Waals surface area contributed by atoms with E-state index in [0.717, 1.165) is 51.4 Å². The van der Waals surface area contributed by atoms with Crippen LogP contribution in [-0.4, -0.2) is 29.3 Å². The van der Waals surface area contributed by atoms with Gasteiger partial charge in [0.15, 0.2) is 5.15 Å². The Kier molecular flexibility index (Phi) is 2.88. The maximum absolute atomic E-state index is 6.18. The molecule has 1 aromatic rings. The number of nitrogens with one attached hydrogen (secondary N) is 1. The van der Waals surface area contributed by atoms with Gasteiger partial charge < -0.3 is 14.6 Å². The molecule has 2 aliphatic rings. The molecule has 0 aliphatic carbocycles. The number of fused-ring (bicyclic) bond motifs is 1. The van der Waals surface area contributed by atoms with Crippen molar-refractivity contribution in [1.29, 1.82) is 0 Å². The van der Waals surface area contributed by atoms with Crippen LogP contribution in [0.3, 0.4) is 0 Å². The van der Waals surface area contributed by atoms with Gasteiger partial charge in [0.2, 0.25) is 0 Å². The van der Waals surface area contributed by atoms with Crippen LogP contribution in [-0.2, 0) is 17.8 Å². The monoisotopic (exact) mass is 241 g/mol. The van der Waals surface area contributed by atoms with E-state index in [1.165, 1.54) is 5.82 Å². The maximum Gasteiger partial charge on any atom is 0.151 e. The summed E-state index contributed by atoms with van der Waals surface area (Å²) < 4.78 is 7.69. The SMILES string of the molecule is Clc1nc(C2CCOCC2)n2c1CNCC2. The molecule has 1 N–H and O–H groups in total. The molecule has 0 aromatic carbocycles. The summed E-state index contributed by atoms with van der Waals surface area (Å²) in [5.41, 5.74) is 1.15. The molecule has 0 radical (unpaired) electrons. The van der Waals surface area contributed by atoms with Crippen molar-refractivity contribution in [2.45, 2.75) is 31.8 Å². The lowest BCUT2D eigenvalue weighted by Gasteiger charge is -2.24. The molecule has 88 valence electrons. The van der Waals surface area contributed by atoms with Crippen molar-refractivity contribution < 1.29 is 4.74 Å². The zero-order chi connectivity index (χ0) is 11.0. The molecule has 16 heavy (non-hydrogen) atoms. The van der Waals surface area contributed by atoms with Crippen LogP contribution in [0.25, 0.3) is 0 Å². The molecular formula is C11H16ClN3O. The second kappa shape index (κ2) is 4.35. The van der Waals surface area contributed by atoms with Crippen molar-refractivity contribution in [2.75, 3.05) is 19.8 Å². The molecule has 0 unspecified atom stereocenters. The Morgan fingerprint density at radius 1 is 1.38 bits per heavy atom. The van der Waals surface area contributed by atoms with Crippen molar-refractivity contribution in [3.05, 3.63) is 16.7 Å². The number of aromatic nitrogens is 2. The second-order valence-electron chi connectivity index (χ2n) is 4.42. The van der Waals surface area contributed by atoms with Gasteiger partial charge in [-0.25, -0.2) is 4.98 Å². The van der Waals surface area contributed by atoms with E-state index in [0.29, 0.717) is 11.1 Å². The topological polar surface area (TPSA) is 39.1 Å². The molecule has 2 aliphatic heterocycles. The van der Waals surface area contributed by atoms with Gasteiger partial charge in [-0.3, -0.25) is 0 Å². The molecule has 5 heteroatoms. The van der Waals surface area contributed by atoms with E-state index in [2.05, 4.69) is 14.9 Å². The average Bonchev–Trinajstić information content (AvgIpc) is 2.69. The molecular weight excluding hydrogens is 226 g/mol. The summed E-state index contributed by atoms with van der Waals surface area (Å²) in [6, 6.07) is 0. The number of hydrogen-bond donors (Lipinski definition) is 1. The zero-order valence-electron chi connectivity index (χ0n) is 9.21. The Labute approximate surface area is 99.9 Å². The standard InChI is InChI=1S/C11H16ClN3O/c12-10-9-7-13-3-4-15(9)11(14-10)8-1-5-16-6-2-8/h8,13H,1-7H2. The average molecular weight is 242 g/mol. The minimum Gasteiger partial charge on any atom is -0.381 e. The van der Waals surface area contributed by atoms with Crippen molar-refractivity contribution in [1.82, 2.24) is 14.9 Å². The Morgan fingerprint density at radius 3 is 3.00 bits per heavy atom. The molecule has 1 saturated heterocycles. The predicted octanol–water partition coefficient (Wildman–Crippen LogP) is 1.53. The van der Waals surface area contributed by atoms with E-state index >= 15 is 0 Å². The summed E-state index contributed by atoms with van der Waals surface area (Å²) in [6.07, 6.45) is 2.14. The fraction of sp³-hybridized carbons (Fsp3) is 0.727. The minimum absolute atomic E-state index is 0.526. The van der Waals surface area contributed by atoms with Gasteiger partial charge in [-0.1, -0.05) is 11.6 Å². The van der Waals surface area contributed by atoms with E-state index in [1.807, 2.05) is 0 Å². The van der Waals surface area contributed by atoms with Crippen molar-refractivity contribution in [3.63, 3.8) is 0 Å². The number of hydrogen-bond acceptors (Lipinski definition) is 3. The Bertz CT molecular complexity index is 385. The summed E-state index contributed by atoms with van der Waals surface area (Å²) in [7, 11) is 0. The van der Waals surface area contributed by atoms with Crippen molar-refractivity contribution in [2.24, 2.45) is 0 Å². The number of halogens is 1. The molecule has 0 atom stereocenters. The lowest BCUT2D eigenvalue weighted by molar-refractivity contribution is 0.0826. The first-order chi connectivity index (χ1) is 7.86. The van der Waals surface area contributed by atoms with Crippen LogP contribution in [0.5, 0.6) is 0 Å². The molecule has 3 heterocycles. The normalized spacial score (nSPS) is 22.1. The largest absolute Gasteiger partial charge is 0.381 e. The number of imidazole rings is 1. The molecule has 0 saturated carbocycles. The Hall–Kier alpha value is -0.580. The summed E-state index contributed by atoms with van der Waals surface area (Å²) in [5, 5.41) is 4.00. The Morgan fingerprint density at radius 2 is 2.19 bits per heavy atom. The maximum atomic E-state index is 6.18. The van der Waals surface area contributed by atoms with Crippen LogP contribution in [0, 0.1) is 0 Å². The molecule has 0 bridgehead atoms. The molecule has 0 amide bonds. The third kappa shape index (κ3) is 1.75. The van der Waals surface area contributed by atoms with Gasteiger partial charge >= 0.3 is 0 Å². The highest BCUT2D eigenvalue weighted by Gasteiger charge is 2.25. The van der Waals surface area contributed by atoms with Crippen LogP contribution in [0.2, 0.25) is 5.15 Å². The van der Waals surface area contributed by atoms with Crippen LogP contribution in [0.15, 0.2) is 0 Å². The molecule has 1 aromatic heterocycles. The first-order valence-electron chi connectivity index (χ1n) is 5.89. The van der Waals surface area contributed by atoms with E-state index in [9.17, 15) is 0 Å². The first-order valence-corrected chi connectivity index (χ1v) is 6.27. The molecule has 0 spiro atoms. The van der Waals surface area contributed by atoms with Crippen LogP contribution < -0.4 is 5.32 Å². The van der Waals surface area contributed by atoms with Gasteiger partial charge in [-0.2, -0.15) is 0 Å². The van der Waals surface area contributed by atoms with Gasteiger partial charge in [0.25, 0.3) is 0 Å². The lowest BCUT2D eigenvalue weighted by atomic mass is 9.99. The summed E-state index contributed by atoms with van der Waals surface area (Å²) in [4.78, 5) is 4.55. The first kappa shape index (κ1) is 10.6. The molecule has 1 fully saturated rings. The second-order valence-corrected chi connectivity index (χ2v) is 4.78. The lowest BCUT2D eigenvalue weighted by Crippen LogP contribution is -2.30. The fourth-order valence-corrected chi connectivity index (χ4v) is 2.81. The van der Waals surface area contributed by atoms with Crippen LogP contribution >= 0.6 is 11.6 Å². The molecule has 4 nitrogen and oxygen atoms in total. The quantitative estimate of drug-likeness (QED) is 0.811. The number of rotatable bonds is 1.